The van der Waals surface area contributed by atoms with Crippen molar-refractivity contribution in [3.8, 4) is 0 Å². The molecule has 0 saturated heterocycles. The van der Waals surface area contributed by atoms with Crippen LogP contribution in [0.25, 0.3) is 0 Å². The number of para-hydroxylation sites is 1. The van der Waals surface area contributed by atoms with Gasteiger partial charge in [0.1, 0.15) is 0 Å². The van der Waals surface area contributed by atoms with Gasteiger partial charge in [0, 0.05) is 30.3 Å². The van der Waals surface area contributed by atoms with Crippen molar-refractivity contribution >= 4 is 40.8 Å². The zero-order valence-electron chi connectivity index (χ0n) is 15.7. The molecule has 0 fully saturated rings. The van der Waals surface area contributed by atoms with Gasteiger partial charge >= 0.3 is 6.03 Å². The number of carbonyl (C=O) groups excluding carboxylic acids is 3. The van der Waals surface area contributed by atoms with Gasteiger partial charge in [0.25, 0.3) is 5.91 Å². The Labute approximate surface area is 168 Å². The quantitative estimate of drug-likeness (QED) is 0.569. The lowest BCUT2D eigenvalue weighted by Gasteiger charge is -2.12. The molecule has 8 heteroatoms. The maximum Gasteiger partial charge on any atom is 0.319 e. The largest absolute Gasteiger partial charge is 0.350 e. The fourth-order valence-electron chi connectivity index (χ4n) is 2.31. The van der Waals surface area contributed by atoms with E-state index >= 15 is 0 Å². The first-order valence-electron chi connectivity index (χ1n) is 8.85. The van der Waals surface area contributed by atoms with Crippen LogP contribution >= 0.6 is 11.6 Å². The van der Waals surface area contributed by atoms with E-state index in [1.807, 2.05) is 32.0 Å². The SMILES string of the molecule is CC(C)NC(=O)c1ccc(Cl)c(NC(=O)CCNC(=O)Nc2ccccc2)c1. The fraction of sp³-hybridized carbons (Fsp3) is 0.250. The molecule has 0 atom stereocenters. The molecular weight excluding hydrogens is 380 g/mol. The second kappa shape index (κ2) is 10.3. The zero-order chi connectivity index (χ0) is 20.5. The molecular formula is C20H23ClN4O3. The van der Waals surface area contributed by atoms with Gasteiger partial charge in [-0.2, -0.15) is 0 Å². The van der Waals surface area contributed by atoms with E-state index in [4.69, 9.17) is 11.6 Å². The van der Waals surface area contributed by atoms with Gasteiger partial charge in [-0.1, -0.05) is 29.8 Å². The van der Waals surface area contributed by atoms with Crippen LogP contribution in [0.1, 0.15) is 30.6 Å². The predicted octanol–water partition coefficient (Wildman–Crippen LogP) is 3.63. The first kappa shape index (κ1) is 21.2. The molecule has 7 nitrogen and oxygen atoms in total. The Bertz CT molecular complexity index is 841. The monoisotopic (exact) mass is 402 g/mol. The summed E-state index contributed by atoms with van der Waals surface area (Å²) in [6.45, 7) is 3.87. The maximum atomic E-state index is 12.1. The molecule has 0 unspecified atom stereocenters. The van der Waals surface area contributed by atoms with Gasteiger partial charge in [0.15, 0.2) is 0 Å². The van der Waals surface area contributed by atoms with E-state index in [2.05, 4.69) is 21.3 Å². The topological polar surface area (TPSA) is 99.3 Å². The van der Waals surface area contributed by atoms with Crippen LogP contribution in [0, 0.1) is 0 Å². The molecule has 0 bridgehead atoms. The fourth-order valence-corrected chi connectivity index (χ4v) is 2.47. The molecule has 2 rings (SSSR count). The van der Waals surface area contributed by atoms with E-state index in [0.717, 1.165) is 0 Å². The lowest BCUT2D eigenvalue weighted by molar-refractivity contribution is -0.116. The van der Waals surface area contributed by atoms with E-state index in [1.165, 1.54) is 6.07 Å². The smallest absolute Gasteiger partial charge is 0.319 e. The summed E-state index contributed by atoms with van der Waals surface area (Å²) in [6, 6.07) is 13.2. The second-order valence-corrected chi connectivity index (χ2v) is 6.78. The van der Waals surface area contributed by atoms with Crippen molar-refractivity contribution in [2.75, 3.05) is 17.2 Å². The highest BCUT2D eigenvalue weighted by molar-refractivity contribution is 6.33. The minimum absolute atomic E-state index is 0.00525. The Balaban J connectivity index is 1.83. The highest BCUT2D eigenvalue weighted by atomic mass is 35.5. The summed E-state index contributed by atoms with van der Waals surface area (Å²) in [5.74, 6) is -0.579. The van der Waals surface area contributed by atoms with Crippen LogP contribution in [0.3, 0.4) is 0 Å². The summed E-state index contributed by atoms with van der Waals surface area (Å²) in [7, 11) is 0. The van der Waals surface area contributed by atoms with E-state index in [1.54, 1.807) is 24.3 Å². The van der Waals surface area contributed by atoms with Crippen LogP contribution < -0.4 is 21.3 Å². The van der Waals surface area contributed by atoms with Gasteiger partial charge in [-0.05, 0) is 44.2 Å². The Morgan fingerprint density at radius 3 is 2.39 bits per heavy atom. The molecule has 0 aliphatic heterocycles. The van der Waals surface area contributed by atoms with E-state index in [-0.39, 0.29) is 30.8 Å². The summed E-state index contributed by atoms with van der Waals surface area (Å²) in [5, 5.41) is 11.0. The molecule has 2 aromatic carbocycles. The Morgan fingerprint density at radius 1 is 1.00 bits per heavy atom. The normalized spacial score (nSPS) is 10.3. The molecule has 0 aliphatic carbocycles. The summed E-state index contributed by atoms with van der Waals surface area (Å²) < 4.78 is 0. The van der Waals surface area contributed by atoms with Gasteiger partial charge in [0.2, 0.25) is 5.91 Å². The van der Waals surface area contributed by atoms with Crippen molar-refractivity contribution in [2.45, 2.75) is 26.3 Å². The second-order valence-electron chi connectivity index (χ2n) is 6.37. The molecule has 4 amide bonds. The third kappa shape index (κ3) is 6.92. The average Bonchev–Trinajstić information content (AvgIpc) is 2.63. The zero-order valence-corrected chi connectivity index (χ0v) is 16.5. The lowest BCUT2D eigenvalue weighted by Crippen LogP contribution is -2.31. The number of rotatable bonds is 7. The number of anilines is 2. The standard InChI is InChI=1S/C20H23ClN4O3/c1-13(2)23-19(27)14-8-9-16(21)17(12-14)25-18(26)10-11-22-20(28)24-15-6-4-3-5-7-15/h3-9,12-13H,10-11H2,1-2H3,(H,23,27)(H,25,26)(H2,22,24,28). The molecule has 148 valence electrons. The van der Waals surface area contributed by atoms with Crippen molar-refractivity contribution in [1.82, 2.24) is 10.6 Å². The summed E-state index contributed by atoms with van der Waals surface area (Å²) in [5.41, 5.74) is 1.40. The molecule has 0 saturated carbocycles. The van der Waals surface area contributed by atoms with Gasteiger partial charge in [-0.25, -0.2) is 4.79 Å². The van der Waals surface area contributed by atoms with E-state index in [9.17, 15) is 14.4 Å². The molecule has 0 aromatic heterocycles. The van der Waals surface area contributed by atoms with Gasteiger partial charge < -0.3 is 21.3 Å². The predicted molar refractivity (Wildman–Crippen MR) is 111 cm³/mol. The van der Waals surface area contributed by atoms with E-state index in [0.29, 0.717) is 22.0 Å². The third-order valence-electron chi connectivity index (χ3n) is 3.59. The van der Waals surface area contributed by atoms with Crippen LogP contribution in [0.2, 0.25) is 5.02 Å². The van der Waals surface area contributed by atoms with Crippen molar-refractivity contribution in [3.63, 3.8) is 0 Å². The van der Waals surface area contributed by atoms with Crippen molar-refractivity contribution in [3.05, 3.63) is 59.1 Å². The number of benzene rings is 2. The Hall–Kier alpha value is -3.06. The first-order chi connectivity index (χ1) is 13.3. The molecule has 4 N–H and O–H groups in total. The maximum absolute atomic E-state index is 12.1. The van der Waals surface area contributed by atoms with Crippen molar-refractivity contribution in [2.24, 2.45) is 0 Å². The van der Waals surface area contributed by atoms with Crippen LogP contribution in [0.4, 0.5) is 16.2 Å². The van der Waals surface area contributed by atoms with E-state index < -0.39 is 6.03 Å². The van der Waals surface area contributed by atoms with Crippen LogP contribution in [-0.2, 0) is 4.79 Å². The van der Waals surface area contributed by atoms with Crippen LogP contribution in [0.5, 0.6) is 0 Å². The molecule has 28 heavy (non-hydrogen) atoms. The summed E-state index contributed by atoms with van der Waals surface area (Å²) in [4.78, 5) is 36.0. The molecule has 0 spiro atoms. The summed E-state index contributed by atoms with van der Waals surface area (Å²) >= 11 is 6.10. The molecule has 0 heterocycles. The number of hydrogen-bond donors (Lipinski definition) is 4. The number of urea groups is 1. The van der Waals surface area contributed by atoms with Gasteiger partial charge in [-0.15, -0.1) is 0 Å². The molecule has 0 aliphatic rings. The highest BCUT2D eigenvalue weighted by Gasteiger charge is 2.12. The third-order valence-corrected chi connectivity index (χ3v) is 3.92. The molecule has 0 radical (unpaired) electrons. The summed E-state index contributed by atoms with van der Waals surface area (Å²) in [6.07, 6.45) is 0.0565. The van der Waals surface area contributed by atoms with Crippen LogP contribution in [-0.4, -0.2) is 30.4 Å². The highest BCUT2D eigenvalue weighted by Crippen LogP contribution is 2.23. The van der Waals surface area contributed by atoms with Crippen molar-refractivity contribution in [1.29, 1.82) is 0 Å². The first-order valence-corrected chi connectivity index (χ1v) is 9.23. The van der Waals surface area contributed by atoms with Crippen LogP contribution in [0.15, 0.2) is 48.5 Å². The number of hydrogen-bond acceptors (Lipinski definition) is 3. The van der Waals surface area contributed by atoms with Gasteiger partial charge in [0.05, 0.1) is 10.7 Å². The lowest BCUT2D eigenvalue weighted by atomic mass is 10.1. The van der Waals surface area contributed by atoms with Crippen molar-refractivity contribution < 1.29 is 14.4 Å². The molecule has 2 aromatic rings. The Morgan fingerprint density at radius 2 is 1.71 bits per heavy atom. The number of amides is 4. The number of nitrogens with one attached hydrogen (secondary N) is 4. The minimum atomic E-state index is -0.399. The minimum Gasteiger partial charge on any atom is -0.350 e. The Kier molecular flexibility index (Phi) is 7.83. The average molecular weight is 403 g/mol. The number of carbonyl (C=O) groups is 3. The number of halogens is 1. The van der Waals surface area contributed by atoms with Gasteiger partial charge in [-0.3, -0.25) is 9.59 Å².